The van der Waals surface area contributed by atoms with E-state index < -0.39 is 0 Å². The molecule has 8 heterocycles. The van der Waals surface area contributed by atoms with Gasteiger partial charge < -0.3 is 0 Å². The molecule has 0 fully saturated rings. The lowest BCUT2D eigenvalue weighted by atomic mass is 9.91. The number of imide groups is 1. The number of halogens is 2. The van der Waals surface area contributed by atoms with Gasteiger partial charge in [0, 0.05) is 86.6 Å². The molecule has 12 heteroatoms. The second-order valence-electron chi connectivity index (χ2n) is 25.1. The van der Waals surface area contributed by atoms with Crippen LogP contribution in [-0.4, -0.2) is 23.3 Å². The van der Waals surface area contributed by atoms with Gasteiger partial charge in [0.1, 0.15) is 0 Å². The topological polar surface area (TPSA) is 37.4 Å². The number of carbonyl (C=O) groups excluding carboxylic acids is 2. The number of thiophene rings is 7. The smallest absolute Gasteiger partial charge is 0.263 e. The Kier molecular flexibility index (Phi) is 26.5. The van der Waals surface area contributed by atoms with E-state index in [1.807, 2.05) is 45.3 Å². The average molecular weight is 1330 g/mol. The number of nitrogens with zero attached hydrogens (tertiary/aromatic N) is 1. The molecule has 0 saturated carbocycles. The van der Waals surface area contributed by atoms with Gasteiger partial charge in [0.05, 0.1) is 30.9 Å². The van der Waals surface area contributed by atoms with Crippen molar-refractivity contribution in [3.8, 4) is 50.1 Å². The lowest BCUT2D eigenvalue weighted by Crippen LogP contribution is -2.34. The minimum absolute atomic E-state index is 0.130. The van der Waals surface area contributed by atoms with Crippen molar-refractivity contribution in [2.45, 2.75) is 248 Å². The molecule has 3 atom stereocenters. The number of hydrogen-bond acceptors (Lipinski definition) is 9. The summed E-state index contributed by atoms with van der Waals surface area (Å²) in [5.74, 6) is 1.30. The molecule has 86 heavy (non-hydrogen) atoms. The Hall–Kier alpha value is -2.64. The van der Waals surface area contributed by atoms with Crippen LogP contribution < -0.4 is 0 Å². The van der Waals surface area contributed by atoms with Gasteiger partial charge >= 0.3 is 0 Å². The summed E-state index contributed by atoms with van der Waals surface area (Å²) in [6, 6.07) is 18.3. The van der Waals surface area contributed by atoms with Gasteiger partial charge in [0.25, 0.3) is 11.8 Å². The van der Waals surface area contributed by atoms with E-state index in [-0.39, 0.29) is 17.7 Å². The highest BCUT2D eigenvalue weighted by atomic mass is 35.5. The monoisotopic (exact) mass is 1330 g/mol. The Labute approximate surface area is 555 Å². The highest BCUT2D eigenvalue weighted by Crippen LogP contribution is 2.56. The first-order valence-electron chi connectivity index (χ1n) is 33.7. The first-order chi connectivity index (χ1) is 41.9. The average Bonchev–Trinajstić information content (AvgIpc) is 3.55. The van der Waals surface area contributed by atoms with E-state index >= 15 is 0 Å². The van der Waals surface area contributed by atoms with Gasteiger partial charge in [-0.15, -0.1) is 79.4 Å². The number of benzene rings is 1. The number of amides is 2. The van der Waals surface area contributed by atoms with Crippen molar-refractivity contribution >= 4 is 135 Å². The highest BCUT2D eigenvalue weighted by Gasteiger charge is 2.43. The van der Waals surface area contributed by atoms with E-state index in [4.69, 9.17) is 23.2 Å². The van der Waals surface area contributed by atoms with E-state index in [2.05, 4.69) is 104 Å². The summed E-state index contributed by atoms with van der Waals surface area (Å²) in [6.07, 6.45) is 37.7. The Balaban J connectivity index is 1.13. The van der Waals surface area contributed by atoms with Crippen molar-refractivity contribution in [1.82, 2.24) is 4.90 Å². The third-order valence-electron chi connectivity index (χ3n) is 18.2. The molecule has 0 saturated heterocycles. The van der Waals surface area contributed by atoms with Crippen LogP contribution in [0.15, 0.2) is 48.5 Å². The van der Waals surface area contributed by atoms with E-state index in [1.54, 1.807) is 38.9 Å². The van der Waals surface area contributed by atoms with Crippen LogP contribution >= 0.6 is 103 Å². The second kappa shape index (κ2) is 33.6. The van der Waals surface area contributed by atoms with E-state index in [0.717, 1.165) is 68.1 Å². The Bertz CT molecular complexity index is 3310. The van der Waals surface area contributed by atoms with Crippen LogP contribution in [0.25, 0.3) is 70.3 Å². The van der Waals surface area contributed by atoms with Crippen LogP contribution in [0.3, 0.4) is 0 Å². The summed E-state index contributed by atoms with van der Waals surface area (Å²) in [6.45, 7) is 18.5. The SMILES string of the molecule is CCCCCCCCC(CCCCCC)Cc1sc(-c2c3cc(-c4ccc(-c5sc(-c6ccc(C)s6)c6c5C(=O)N(CC(CC)CCCC)C6=O)s4)sc3c(-c3cc(Cl)c(CC(CCCCCC)CCCCCCCC)s3)c3cc(C)sc23)cc1Cl. The van der Waals surface area contributed by atoms with Gasteiger partial charge in [-0.2, -0.15) is 0 Å². The summed E-state index contributed by atoms with van der Waals surface area (Å²) in [4.78, 5) is 45.1. The van der Waals surface area contributed by atoms with Gasteiger partial charge in [0.2, 0.25) is 0 Å². The van der Waals surface area contributed by atoms with Gasteiger partial charge in [-0.05, 0) is 99.4 Å². The van der Waals surface area contributed by atoms with Crippen LogP contribution in [0.2, 0.25) is 10.0 Å². The molecule has 466 valence electrons. The zero-order chi connectivity index (χ0) is 60.7. The zero-order valence-electron chi connectivity index (χ0n) is 53.1. The molecule has 0 N–H and O–H groups in total. The summed E-state index contributed by atoms with van der Waals surface area (Å²) >= 11 is 27.8. The summed E-state index contributed by atoms with van der Waals surface area (Å²) in [7, 11) is 0. The van der Waals surface area contributed by atoms with Crippen LogP contribution in [0.4, 0.5) is 0 Å². The molecule has 2 amide bonds. The van der Waals surface area contributed by atoms with Crippen molar-refractivity contribution < 1.29 is 9.59 Å². The van der Waals surface area contributed by atoms with Crippen molar-refractivity contribution in [2.24, 2.45) is 17.8 Å². The van der Waals surface area contributed by atoms with E-state index in [9.17, 15) is 9.59 Å². The quantitative estimate of drug-likeness (QED) is 0.0284. The van der Waals surface area contributed by atoms with Gasteiger partial charge in [0.15, 0.2) is 0 Å². The Morgan fingerprint density at radius 1 is 0.384 bits per heavy atom. The molecule has 1 aromatic carbocycles. The van der Waals surface area contributed by atoms with E-state index in [1.165, 1.54) is 224 Å². The van der Waals surface area contributed by atoms with Crippen molar-refractivity contribution in [3.05, 3.63) is 89.2 Å². The fraction of sp³-hybridized carbons (Fsp3) is 0.568. The van der Waals surface area contributed by atoms with Crippen LogP contribution in [0.5, 0.6) is 0 Å². The van der Waals surface area contributed by atoms with Gasteiger partial charge in [-0.3, -0.25) is 14.5 Å². The molecule has 0 bridgehead atoms. The lowest BCUT2D eigenvalue weighted by molar-refractivity contribution is 0.0624. The van der Waals surface area contributed by atoms with Gasteiger partial charge in [-0.1, -0.05) is 238 Å². The molecule has 3 unspecified atom stereocenters. The number of rotatable bonds is 39. The molecule has 1 aliphatic heterocycles. The first-order valence-corrected chi connectivity index (χ1v) is 40.1. The van der Waals surface area contributed by atoms with Crippen LogP contribution in [0.1, 0.15) is 262 Å². The molecule has 7 aromatic heterocycles. The molecule has 0 aliphatic carbocycles. The predicted octanol–water partition coefficient (Wildman–Crippen LogP) is 28.3. The summed E-state index contributed by atoms with van der Waals surface area (Å²) in [5, 5.41) is 4.42. The number of fused-ring (bicyclic) bond motifs is 3. The van der Waals surface area contributed by atoms with Crippen LogP contribution in [0, 0.1) is 31.6 Å². The van der Waals surface area contributed by atoms with Gasteiger partial charge in [-0.25, -0.2) is 0 Å². The normalized spacial score (nSPS) is 13.9. The minimum atomic E-state index is -0.134. The minimum Gasteiger partial charge on any atom is -0.274 e. The Morgan fingerprint density at radius 3 is 1.30 bits per heavy atom. The zero-order valence-corrected chi connectivity index (χ0v) is 60.4. The third-order valence-corrected chi connectivity index (χ3v) is 27.5. The third kappa shape index (κ3) is 16.7. The molecule has 0 radical (unpaired) electrons. The maximum Gasteiger partial charge on any atom is 0.263 e. The number of aryl methyl sites for hydroxylation is 2. The highest BCUT2D eigenvalue weighted by molar-refractivity contribution is 7.31. The summed E-state index contributed by atoms with van der Waals surface area (Å²) in [5.41, 5.74) is 3.80. The predicted molar refractivity (Wildman–Crippen MR) is 390 cm³/mol. The molecule has 3 nitrogen and oxygen atoms in total. The number of unbranched alkanes of at least 4 members (excludes halogenated alkanes) is 17. The maximum absolute atomic E-state index is 14.8. The second-order valence-corrected chi connectivity index (χ2v) is 33.9. The van der Waals surface area contributed by atoms with E-state index in [0.29, 0.717) is 29.5 Å². The largest absolute Gasteiger partial charge is 0.274 e. The fourth-order valence-electron chi connectivity index (χ4n) is 13.2. The van der Waals surface area contributed by atoms with Crippen molar-refractivity contribution in [3.63, 3.8) is 0 Å². The molecular formula is C74H97Cl2NO2S7. The molecular weight excluding hydrogens is 1230 g/mol. The molecule has 9 rings (SSSR count). The standard InChI is InChI=1S/C74H97Cl2NO2S7/c1-9-15-20-24-26-30-35-51(33-28-22-17-11-3)42-60-55(75)45-63(83-60)65-53-41-49(8)81-69(53)66(64-46-56(76)61(84-64)43-52(34-29-23-18-12-4)36-31-27-25-21-16-10-2)54-44-62(85-70(54)65)57-39-40-59(82-57)72-68-67(71(86-72)58-38-37-48(7)80-58)73(78)77(74(68)79)47-50(14-6)32-19-13-5/h37-41,44-46,50-52H,9-36,42-43,47H2,1-8H3. The molecule has 8 aromatic rings. The Morgan fingerprint density at radius 2 is 0.814 bits per heavy atom. The molecule has 1 aliphatic rings. The number of carbonyl (C=O) groups is 2. The van der Waals surface area contributed by atoms with Crippen molar-refractivity contribution in [2.75, 3.05) is 6.54 Å². The van der Waals surface area contributed by atoms with Crippen molar-refractivity contribution in [1.29, 1.82) is 0 Å². The lowest BCUT2D eigenvalue weighted by Gasteiger charge is -2.21. The maximum atomic E-state index is 14.8. The number of hydrogen-bond donors (Lipinski definition) is 0. The first kappa shape index (κ1) is 67.7. The molecule has 0 spiro atoms. The summed E-state index contributed by atoms with van der Waals surface area (Å²) < 4.78 is 2.62. The fourth-order valence-corrected chi connectivity index (χ4v) is 22.4. The van der Waals surface area contributed by atoms with Crippen LogP contribution in [-0.2, 0) is 12.8 Å².